The minimum atomic E-state index is -0.456. The van der Waals surface area contributed by atoms with Crippen molar-refractivity contribution in [1.29, 1.82) is 5.26 Å². The Balaban J connectivity index is 1.89. The number of hydrogen-bond acceptors (Lipinski definition) is 3. The second-order valence-corrected chi connectivity index (χ2v) is 7.51. The molecular weight excluding hydrogens is 312 g/mol. The molecule has 1 saturated heterocycles. The maximum absolute atomic E-state index is 12.1. The number of nitriles is 1. The van der Waals surface area contributed by atoms with E-state index in [0.29, 0.717) is 29.6 Å². The number of nitrogens with zero attached hydrogens (tertiary/aromatic N) is 2. The number of hydrogen-bond donors (Lipinski definition) is 0. The average molecular weight is 335 g/mol. The second kappa shape index (κ2) is 7.23. The number of likely N-dealkylation sites (tertiary alicyclic amines) is 1. The Morgan fingerprint density at radius 1 is 1.35 bits per heavy atom. The minimum absolute atomic E-state index is 0.231. The second-order valence-electron chi connectivity index (χ2n) is 7.07. The van der Waals surface area contributed by atoms with Gasteiger partial charge >= 0.3 is 6.09 Å². The van der Waals surface area contributed by atoms with Crippen LogP contribution in [0.1, 0.15) is 44.7 Å². The maximum atomic E-state index is 12.1. The van der Waals surface area contributed by atoms with E-state index in [-0.39, 0.29) is 6.09 Å². The summed E-state index contributed by atoms with van der Waals surface area (Å²) in [5, 5.41) is 9.62. The predicted molar refractivity (Wildman–Crippen MR) is 90.4 cm³/mol. The highest BCUT2D eigenvalue weighted by atomic mass is 35.5. The first-order valence-electron chi connectivity index (χ1n) is 7.94. The Hall–Kier alpha value is -1.73. The molecular formula is C18H23ClN2O2. The number of halogens is 1. The SMILES string of the molecule is CC(C)(C)OC(=O)N1CCC(Cc2cc(Cl)cc(C#N)c2)CC1. The summed E-state index contributed by atoms with van der Waals surface area (Å²) in [4.78, 5) is 13.8. The van der Waals surface area contributed by atoms with Crippen molar-refractivity contribution in [2.75, 3.05) is 13.1 Å². The highest BCUT2D eigenvalue weighted by Crippen LogP contribution is 2.25. The van der Waals surface area contributed by atoms with Gasteiger partial charge in [-0.2, -0.15) is 5.26 Å². The lowest BCUT2D eigenvalue weighted by atomic mass is 9.90. The van der Waals surface area contributed by atoms with Gasteiger partial charge < -0.3 is 9.64 Å². The number of amides is 1. The van der Waals surface area contributed by atoms with Gasteiger partial charge in [-0.15, -0.1) is 0 Å². The highest BCUT2D eigenvalue weighted by molar-refractivity contribution is 6.30. The fourth-order valence-electron chi connectivity index (χ4n) is 2.81. The summed E-state index contributed by atoms with van der Waals surface area (Å²) in [6.45, 7) is 7.06. The molecule has 1 amide bonds. The van der Waals surface area contributed by atoms with Gasteiger partial charge in [-0.05, 0) is 69.7 Å². The number of benzene rings is 1. The van der Waals surface area contributed by atoms with Crippen molar-refractivity contribution < 1.29 is 9.53 Å². The lowest BCUT2D eigenvalue weighted by Gasteiger charge is -2.33. The lowest BCUT2D eigenvalue weighted by molar-refractivity contribution is 0.0184. The normalized spacial score (nSPS) is 16.0. The molecule has 1 aliphatic rings. The van der Waals surface area contributed by atoms with Crippen molar-refractivity contribution in [2.45, 2.75) is 45.6 Å². The van der Waals surface area contributed by atoms with Gasteiger partial charge in [0.15, 0.2) is 0 Å². The van der Waals surface area contributed by atoms with E-state index in [9.17, 15) is 4.79 Å². The lowest BCUT2D eigenvalue weighted by Crippen LogP contribution is -2.42. The zero-order valence-corrected chi connectivity index (χ0v) is 14.7. The Morgan fingerprint density at radius 3 is 2.57 bits per heavy atom. The number of ether oxygens (including phenoxy) is 1. The molecule has 0 radical (unpaired) electrons. The van der Waals surface area contributed by atoms with E-state index < -0.39 is 5.60 Å². The number of carbonyl (C=O) groups is 1. The Kier molecular flexibility index (Phi) is 5.54. The Morgan fingerprint density at radius 2 is 2.00 bits per heavy atom. The van der Waals surface area contributed by atoms with Gasteiger partial charge in [0.25, 0.3) is 0 Å². The molecule has 1 aromatic rings. The number of carbonyl (C=O) groups excluding carboxylic acids is 1. The van der Waals surface area contributed by atoms with Crippen LogP contribution in [-0.2, 0) is 11.2 Å². The van der Waals surface area contributed by atoms with Crippen molar-refractivity contribution in [3.8, 4) is 6.07 Å². The van der Waals surface area contributed by atoms with Crippen molar-refractivity contribution in [2.24, 2.45) is 5.92 Å². The van der Waals surface area contributed by atoms with Crippen LogP contribution in [0, 0.1) is 17.2 Å². The largest absolute Gasteiger partial charge is 0.444 e. The van der Waals surface area contributed by atoms with Crippen LogP contribution in [0.3, 0.4) is 0 Å². The van der Waals surface area contributed by atoms with Crippen LogP contribution in [0.25, 0.3) is 0 Å². The molecule has 1 fully saturated rings. The summed E-state index contributed by atoms with van der Waals surface area (Å²) >= 11 is 6.05. The molecule has 0 saturated carbocycles. The van der Waals surface area contributed by atoms with Crippen LogP contribution in [0.5, 0.6) is 0 Å². The van der Waals surface area contributed by atoms with Crippen LogP contribution < -0.4 is 0 Å². The van der Waals surface area contributed by atoms with Crippen molar-refractivity contribution in [3.63, 3.8) is 0 Å². The van der Waals surface area contributed by atoms with Crippen LogP contribution in [-0.4, -0.2) is 29.7 Å². The summed E-state index contributed by atoms with van der Waals surface area (Å²) in [5.41, 5.74) is 1.23. The first-order valence-corrected chi connectivity index (χ1v) is 8.32. The van der Waals surface area contributed by atoms with Crippen LogP contribution >= 0.6 is 11.6 Å². The molecule has 5 heteroatoms. The Bertz CT molecular complexity index is 608. The zero-order chi connectivity index (χ0) is 17.0. The van der Waals surface area contributed by atoms with Crippen molar-refractivity contribution in [1.82, 2.24) is 4.90 Å². The minimum Gasteiger partial charge on any atom is -0.444 e. The van der Waals surface area contributed by atoms with Gasteiger partial charge in [0.05, 0.1) is 11.6 Å². The van der Waals surface area contributed by atoms with Crippen molar-refractivity contribution in [3.05, 3.63) is 34.3 Å². The molecule has 0 atom stereocenters. The first-order chi connectivity index (χ1) is 10.8. The first kappa shape index (κ1) is 17.6. The highest BCUT2D eigenvalue weighted by Gasteiger charge is 2.26. The van der Waals surface area contributed by atoms with Crippen LogP contribution in [0.4, 0.5) is 4.79 Å². The summed E-state index contributed by atoms with van der Waals surface area (Å²) in [5.74, 6) is 0.499. The van der Waals surface area contributed by atoms with Gasteiger partial charge in [-0.1, -0.05) is 11.6 Å². The van der Waals surface area contributed by atoms with Gasteiger partial charge in [0.2, 0.25) is 0 Å². The third-order valence-corrected chi connectivity index (χ3v) is 4.10. The molecule has 2 rings (SSSR count). The van der Waals surface area contributed by atoms with E-state index in [2.05, 4.69) is 6.07 Å². The molecule has 1 heterocycles. The third kappa shape index (κ3) is 5.44. The molecule has 4 nitrogen and oxygen atoms in total. The topological polar surface area (TPSA) is 53.3 Å². The summed E-state index contributed by atoms with van der Waals surface area (Å²) in [6, 6.07) is 7.63. The molecule has 124 valence electrons. The number of rotatable bonds is 2. The van der Waals surface area contributed by atoms with Gasteiger partial charge in [-0.3, -0.25) is 0 Å². The molecule has 0 aliphatic carbocycles. The molecule has 0 bridgehead atoms. The van der Waals surface area contributed by atoms with E-state index in [1.165, 1.54) is 0 Å². The quantitative estimate of drug-likeness (QED) is 0.805. The molecule has 0 N–H and O–H groups in total. The van der Waals surface area contributed by atoms with Gasteiger partial charge in [-0.25, -0.2) is 4.79 Å². The molecule has 23 heavy (non-hydrogen) atoms. The average Bonchev–Trinajstić information content (AvgIpc) is 2.45. The predicted octanol–water partition coefficient (Wildman–Crippen LogP) is 4.40. The number of piperidine rings is 1. The van der Waals surface area contributed by atoms with E-state index in [4.69, 9.17) is 21.6 Å². The summed E-state index contributed by atoms with van der Waals surface area (Å²) in [7, 11) is 0. The molecule has 1 aliphatic heterocycles. The standard InChI is InChI=1S/C18H23ClN2O2/c1-18(2,3)23-17(22)21-6-4-13(5-7-21)8-14-9-15(12-20)11-16(19)10-14/h9-11,13H,4-8H2,1-3H3. The van der Waals surface area contributed by atoms with Crippen LogP contribution in [0.15, 0.2) is 18.2 Å². The fraction of sp³-hybridized carbons (Fsp3) is 0.556. The Labute approximate surface area is 143 Å². The van der Waals surface area contributed by atoms with E-state index >= 15 is 0 Å². The smallest absolute Gasteiger partial charge is 0.410 e. The van der Waals surface area contributed by atoms with E-state index in [0.717, 1.165) is 24.8 Å². The molecule has 0 unspecified atom stereocenters. The van der Waals surface area contributed by atoms with Gasteiger partial charge in [0.1, 0.15) is 5.60 Å². The van der Waals surface area contributed by atoms with E-state index in [1.807, 2.05) is 32.9 Å². The monoisotopic (exact) mass is 334 g/mol. The molecule has 1 aromatic carbocycles. The maximum Gasteiger partial charge on any atom is 0.410 e. The summed E-state index contributed by atoms with van der Waals surface area (Å²) in [6.07, 6.45) is 2.53. The fourth-order valence-corrected chi connectivity index (χ4v) is 3.07. The van der Waals surface area contributed by atoms with Crippen molar-refractivity contribution >= 4 is 17.7 Å². The van der Waals surface area contributed by atoms with Crippen LogP contribution in [0.2, 0.25) is 5.02 Å². The summed E-state index contributed by atoms with van der Waals surface area (Å²) < 4.78 is 5.41. The molecule has 0 spiro atoms. The van der Waals surface area contributed by atoms with Gasteiger partial charge in [0, 0.05) is 18.1 Å². The van der Waals surface area contributed by atoms with E-state index in [1.54, 1.807) is 11.0 Å². The zero-order valence-electron chi connectivity index (χ0n) is 13.9. The third-order valence-electron chi connectivity index (χ3n) is 3.88. The molecule has 0 aromatic heterocycles.